The molecule has 5 N–H and O–H groups in total. The fraction of sp³-hybridized carbons (Fsp3) is 0.514. The molecule has 0 heterocycles. The van der Waals surface area contributed by atoms with Crippen LogP contribution in [-0.4, -0.2) is 71.0 Å². The largest absolute Gasteiger partial charge is 0.460 e. The van der Waals surface area contributed by atoms with Gasteiger partial charge in [0.05, 0.1) is 6.04 Å². The van der Waals surface area contributed by atoms with Gasteiger partial charge in [-0.25, -0.2) is 9.59 Å². The molecule has 2 aromatic rings. The van der Waals surface area contributed by atoms with Crippen molar-refractivity contribution in [1.29, 1.82) is 0 Å². The molecule has 3 atom stereocenters. The number of para-hydroxylation sites is 1. The first-order valence-corrected chi connectivity index (χ1v) is 16.0. The van der Waals surface area contributed by atoms with E-state index >= 15 is 0 Å². The molecule has 1 unspecified atom stereocenters. The molecule has 0 aliphatic rings. The van der Waals surface area contributed by atoms with Gasteiger partial charge in [-0.05, 0) is 84.9 Å². The molecule has 0 aromatic heterocycles. The normalized spacial score (nSPS) is 13.2. The average Bonchev–Trinajstić information content (AvgIpc) is 3.00. The molecule has 2 aromatic carbocycles. The van der Waals surface area contributed by atoms with Gasteiger partial charge in [0.15, 0.2) is 6.10 Å². The molecule has 0 aliphatic carbocycles. The summed E-state index contributed by atoms with van der Waals surface area (Å²) in [6, 6.07) is 15.1. The number of unbranched alkanes of at least 4 members (excludes halogenated alkanes) is 1. The highest BCUT2D eigenvalue weighted by Crippen LogP contribution is 2.14. The fourth-order valence-electron chi connectivity index (χ4n) is 4.34. The number of amides is 4. The van der Waals surface area contributed by atoms with E-state index in [0.29, 0.717) is 18.5 Å². The number of anilines is 1. The van der Waals surface area contributed by atoms with Crippen molar-refractivity contribution in [2.24, 2.45) is 0 Å². The first-order valence-electron chi connectivity index (χ1n) is 16.0. The quantitative estimate of drug-likeness (QED) is 0.0970. The Morgan fingerprint density at radius 2 is 1.33 bits per heavy atom. The zero-order chi connectivity index (χ0) is 35.7. The van der Waals surface area contributed by atoms with Crippen molar-refractivity contribution in [2.75, 3.05) is 11.9 Å². The van der Waals surface area contributed by atoms with Gasteiger partial charge in [-0.15, -0.1) is 0 Å². The summed E-state index contributed by atoms with van der Waals surface area (Å²) in [6.07, 6.45) is -2.50. The first kappa shape index (κ1) is 39.5. The van der Waals surface area contributed by atoms with E-state index in [2.05, 4.69) is 21.3 Å². The molecule has 0 bridgehead atoms. The molecule has 13 nitrogen and oxygen atoms in total. The highest BCUT2D eigenvalue weighted by atomic mass is 16.6. The average molecular weight is 671 g/mol. The van der Waals surface area contributed by atoms with Crippen molar-refractivity contribution in [2.45, 2.75) is 110 Å². The van der Waals surface area contributed by atoms with Crippen molar-refractivity contribution < 1.29 is 43.3 Å². The second-order valence-corrected chi connectivity index (χ2v) is 13.2. The topological polar surface area (TPSA) is 181 Å². The Morgan fingerprint density at radius 1 is 0.729 bits per heavy atom. The Hall–Kier alpha value is -4.65. The van der Waals surface area contributed by atoms with Crippen LogP contribution in [0.4, 0.5) is 15.3 Å². The van der Waals surface area contributed by atoms with Gasteiger partial charge in [0.25, 0.3) is 5.91 Å². The summed E-state index contributed by atoms with van der Waals surface area (Å²) in [5.41, 5.74) is -0.226. The second kappa shape index (κ2) is 19.2. The number of aliphatic hydroxyl groups is 1. The van der Waals surface area contributed by atoms with Gasteiger partial charge >= 0.3 is 18.2 Å². The monoisotopic (exact) mass is 670 g/mol. The van der Waals surface area contributed by atoms with Crippen LogP contribution in [0, 0.1) is 0 Å². The Labute approximate surface area is 282 Å². The molecule has 264 valence electrons. The summed E-state index contributed by atoms with van der Waals surface area (Å²) < 4.78 is 15.9. The van der Waals surface area contributed by atoms with Crippen LogP contribution in [0.25, 0.3) is 0 Å². The van der Waals surface area contributed by atoms with E-state index in [9.17, 15) is 29.1 Å². The van der Waals surface area contributed by atoms with E-state index < -0.39 is 59.4 Å². The predicted molar refractivity (Wildman–Crippen MR) is 180 cm³/mol. The third-order valence-corrected chi connectivity index (χ3v) is 6.51. The summed E-state index contributed by atoms with van der Waals surface area (Å²) >= 11 is 0. The minimum atomic E-state index is -1.68. The number of carbonyl (C=O) groups is 5. The van der Waals surface area contributed by atoms with Gasteiger partial charge in [0.1, 0.15) is 23.9 Å². The molecule has 0 saturated heterocycles. The molecule has 0 aliphatic heterocycles. The van der Waals surface area contributed by atoms with Crippen molar-refractivity contribution in [1.82, 2.24) is 16.0 Å². The standard InChI is InChI=1S/C35H50N4O9/c1-34(2,3)47-28(40)21-20-27(39-33(45)46-23-24-15-9-7-10-16-24)30(42)38-26(19-13-14-22-36-32(44)48-35(4,5)6)29(41)31(43)37-25-17-11-8-12-18-25/h7-12,15-18,26-27,29,41H,13-14,19-23H2,1-6H3,(H,36,44)(H,37,43)(H,38,42)(H,39,45)/t26-,27-,29?/m0/s1. The minimum absolute atomic E-state index is 0.0502. The summed E-state index contributed by atoms with van der Waals surface area (Å²) in [6.45, 7) is 10.6. The zero-order valence-electron chi connectivity index (χ0n) is 28.7. The number of benzene rings is 2. The summed E-state index contributed by atoms with van der Waals surface area (Å²) in [4.78, 5) is 63.8. The number of carbonyl (C=O) groups excluding carboxylic acids is 5. The molecular weight excluding hydrogens is 620 g/mol. The molecule has 0 radical (unpaired) electrons. The van der Waals surface area contributed by atoms with Crippen LogP contribution in [0.15, 0.2) is 60.7 Å². The van der Waals surface area contributed by atoms with Crippen LogP contribution in [0.1, 0.15) is 79.2 Å². The number of rotatable bonds is 16. The number of alkyl carbamates (subject to hydrolysis) is 2. The number of ether oxygens (including phenoxy) is 3. The molecule has 0 fully saturated rings. The smallest absolute Gasteiger partial charge is 0.408 e. The molecule has 0 spiro atoms. The third kappa shape index (κ3) is 16.8. The van der Waals surface area contributed by atoms with Crippen LogP contribution in [0.5, 0.6) is 0 Å². The van der Waals surface area contributed by atoms with Crippen molar-refractivity contribution in [3.05, 3.63) is 66.2 Å². The SMILES string of the molecule is CC(C)(C)OC(=O)CC[C@H](NC(=O)OCc1ccccc1)C(=O)N[C@@H](CCCCNC(=O)OC(C)(C)C)C(O)C(=O)Nc1ccccc1. The first-order chi connectivity index (χ1) is 22.5. The van der Waals surface area contributed by atoms with E-state index in [1.807, 2.05) is 6.07 Å². The van der Waals surface area contributed by atoms with E-state index in [1.165, 1.54) is 0 Å². The molecule has 13 heteroatoms. The summed E-state index contributed by atoms with van der Waals surface area (Å²) in [5.74, 6) is -2.06. The molecular formula is C35H50N4O9. The Bertz CT molecular complexity index is 1330. The number of nitrogens with one attached hydrogen (secondary N) is 4. The Morgan fingerprint density at radius 3 is 1.94 bits per heavy atom. The van der Waals surface area contributed by atoms with Gasteiger partial charge in [-0.1, -0.05) is 48.5 Å². The Kier molecular flexibility index (Phi) is 15.8. The Balaban J connectivity index is 2.15. The number of hydrogen-bond donors (Lipinski definition) is 5. The van der Waals surface area contributed by atoms with Crippen LogP contribution in [0.2, 0.25) is 0 Å². The van der Waals surface area contributed by atoms with Crippen LogP contribution < -0.4 is 21.3 Å². The highest BCUT2D eigenvalue weighted by Gasteiger charge is 2.31. The lowest BCUT2D eigenvalue weighted by Crippen LogP contribution is -2.55. The number of esters is 1. The maximum Gasteiger partial charge on any atom is 0.408 e. The maximum absolute atomic E-state index is 13.6. The van der Waals surface area contributed by atoms with Gasteiger partial charge in [0.2, 0.25) is 5.91 Å². The minimum Gasteiger partial charge on any atom is -0.460 e. The van der Waals surface area contributed by atoms with Crippen LogP contribution in [0.3, 0.4) is 0 Å². The van der Waals surface area contributed by atoms with Crippen molar-refractivity contribution >= 4 is 35.7 Å². The highest BCUT2D eigenvalue weighted by molar-refractivity contribution is 5.95. The predicted octanol–water partition coefficient (Wildman–Crippen LogP) is 4.58. The van der Waals surface area contributed by atoms with E-state index in [0.717, 1.165) is 5.56 Å². The molecule has 48 heavy (non-hydrogen) atoms. The summed E-state index contributed by atoms with van der Waals surface area (Å²) in [7, 11) is 0. The van der Waals surface area contributed by atoms with Gasteiger partial charge in [-0.3, -0.25) is 14.4 Å². The van der Waals surface area contributed by atoms with E-state index in [-0.39, 0.29) is 32.4 Å². The van der Waals surface area contributed by atoms with Crippen molar-refractivity contribution in [3.8, 4) is 0 Å². The fourth-order valence-corrected chi connectivity index (χ4v) is 4.34. The third-order valence-electron chi connectivity index (χ3n) is 6.51. The van der Waals surface area contributed by atoms with Crippen LogP contribution >= 0.6 is 0 Å². The lowest BCUT2D eigenvalue weighted by Gasteiger charge is -2.27. The van der Waals surface area contributed by atoms with Gasteiger partial charge in [0, 0.05) is 18.7 Å². The van der Waals surface area contributed by atoms with Crippen LogP contribution in [-0.2, 0) is 35.2 Å². The second-order valence-electron chi connectivity index (χ2n) is 13.2. The number of hydrogen-bond acceptors (Lipinski definition) is 9. The molecule has 4 amide bonds. The lowest BCUT2D eigenvalue weighted by molar-refractivity contribution is -0.155. The zero-order valence-corrected chi connectivity index (χ0v) is 28.7. The van der Waals surface area contributed by atoms with Crippen molar-refractivity contribution in [3.63, 3.8) is 0 Å². The van der Waals surface area contributed by atoms with Gasteiger partial charge in [-0.2, -0.15) is 0 Å². The molecule has 2 rings (SSSR count). The lowest BCUT2D eigenvalue weighted by atomic mass is 10.0. The van der Waals surface area contributed by atoms with E-state index in [4.69, 9.17) is 14.2 Å². The summed E-state index contributed by atoms with van der Waals surface area (Å²) in [5, 5.41) is 21.5. The molecule has 0 saturated carbocycles. The van der Waals surface area contributed by atoms with Gasteiger partial charge < -0.3 is 40.6 Å². The van der Waals surface area contributed by atoms with E-state index in [1.54, 1.807) is 96.1 Å². The maximum atomic E-state index is 13.6. The number of aliphatic hydroxyl groups excluding tert-OH is 1.